The van der Waals surface area contributed by atoms with E-state index >= 15 is 0 Å². The molecule has 0 atom stereocenters. The minimum Gasteiger partial charge on any atom is -0.507 e. The largest absolute Gasteiger partial charge is 0.507 e. The van der Waals surface area contributed by atoms with E-state index in [1.54, 1.807) is 42.7 Å². The molecule has 1 fully saturated rings. The second-order valence-corrected chi connectivity index (χ2v) is 7.14. The molecule has 1 saturated heterocycles. The molecule has 0 unspecified atom stereocenters. The second kappa shape index (κ2) is 6.28. The van der Waals surface area contributed by atoms with E-state index in [4.69, 9.17) is 16.6 Å². The summed E-state index contributed by atoms with van der Waals surface area (Å²) in [5, 5.41) is 9.87. The van der Waals surface area contributed by atoms with E-state index in [0.717, 1.165) is 4.47 Å². The van der Waals surface area contributed by atoms with Gasteiger partial charge in [-0.2, -0.15) is 0 Å². The number of aromatic hydroxyl groups is 1. The van der Waals surface area contributed by atoms with Crippen LogP contribution in [0.5, 0.6) is 5.75 Å². The number of carbonyl (C=O) groups excluding carboxylic acids is 1. The van der Waals surface area contributed by atoms with Crippen LogP contribution in [0.2, 0.25) is 0 Å². The van der Waals surface area contributed by atoms with Crippen LogP contribution in [-0.2, 0) is 11.3 Å². The number of amides is 1. The van der Waals surface area contributed by atoms with Crippen LogP contribution >= 0.6 is 39.9 Å². The molecular formula is C15H10BrNO3S2. The molecule has 0 bridgehead atoms. The fourth-order valence-electron chi connectivity index (χ4n) is 1.98. The van der Waals surface area contributed by atoms with Gasteiger partial charge in [0.25, 0.3) is 5.91 Å². The molecule has 0 aliphatic carbocycles. The Morgan fingerprint density at radius 1 is 1.41 bits per heavy atom. The summed E-state index contributed by atoms with van der Waals surface area (Å²) in [6, 6.07) is 8.60. The number of rotatable bonds is 3. The first kappa shape index (κ1) is 15.3. The highest BCUT2D eigenvalue weighted by atomic mass is 79.9. The number of furan rings is 1. The first-order valence-electron chi connectivity index (χ1n) is 6.31. The van der Waals surface area contributed by atoms with E-state index in [0.29, 0.717) is 27.1 Å². The fourth-order valence-corrected chi connectivity index (χ4v) is 3.60. The Morgan fingerprint density at radius 3 is 2.95 bits per heavy atom. The van der Waals surface area contributed by atoms with Gasteiger partial charge in [-0.05, 0) is 36.4 Å². The number of carbonyl (C=O) groups is 1. The molecule has 2 aromatic rings. The quantitative estimate of drug-likeness (QED) is 0.624. The zero-order valence-corrected chi connectivity index (χ0v) is 14.4. The van der Waals surface area contributed by atoms with Gasteiger partial charge in [0.15, 0.2) is 0 Å². The topological polar surface area (TPSA) is 53.7 Å². The number of hydrogen-bond donors (Lipinski definition) is 1. The molecule has 3 rings (SSSR count). The van der Waals surface area contributed by atoms with Crippen molar-refractivity contribution in [3.05, 3.63) is 57.3 Å². The Labute approximate surface area is 144 Å². The molecular weight excluding hydrogens is 386 g/mol. The van der Waals surface area contributed by atoms with Gasteiger partial charge in [0, 0.05) is 10.0 Å². The molecule has 1 aliphatic heterocycles. The lowest BCUT2D eigenvalue weighted by Gasteiger charge is -2.12. The predicted molar refractivity (Wildman–Crippen MR) is 93.2 cm³/mol. The summed E-state index contributed by atoms with van der Waals surface area (Å²) < 4.78 is 6.55. The van der Waals surface area contributed by atoms with Gasteiger partial charge in [0.05, 0.1) is 17.7 Å². The molecule has 7 heteroatoms. The molecule has 1 N–H and O–H groups in total. The van der Waals surface area contributed by atoms with Crippen LogP contribution in [0.3, 0.4) is 0 Å². The highest BCUT2D eigenvalue weighted by Gasteiger charge is 2.32. The third kappa shape index (κ3) is 3.11. The zero-order valence-electron chi connectivity index (χ0n) is 11.2. The lowest BCUT2D eigenvalue weighted by Crippen LogP contribution is -2.27. The molecule has 112 valence electrons. The maximum atomic E-state index is 12.5. The predicted octanol–water partition coefficient (Wildman–Crippen LogP) is 4.15. The van der Waals surface area contributed by atoms with E-state index in [9.17, 15) is 9.90 Å². The third-order valence-corrected chi connectivity index (χ3v) is 4.91. The lowest BCUT2D eigenvalue weighted by atomic mass is 10.2. The van der Waals surface area contributed by atoms with Gasteiger partial charge < -0.3 is 9.52 Å². The van der Waals surface area contributed by atoms with Crippen LogP contribution in [0.1, 0.15) is 11.3 Å². The SMILES string of the molecule is O=C1/C(=C/c2cc(Br)ccc2O)SC(=S)N1Cc1ccco1. The van der Waals surface area contributed by atoms with Crippen molar-refractivity contribution in [2.75, 3.05) is 0 Å². The minimum absolute atomic E-state index is 0.111. The van der Waals surface area contributed by atoms with Crippen LogP contribution in [0.15, 0.2) is 50.4 Å². The van der Waals surface area contributed by atoms with E-state index in [2.05, 4.69) is 15.9 Å². The van der Waals surface area contributed by atoms with Gasteiger partial charge in [-0.15, -0.1) is 0 Å². The van der Waals surface area contributed by atoms with Crippen molar-refractivity contribution >= 4 is 56.2 Å². The average molecular weight is 396 g/mol. The Balaban J connectivity index is 1.87. The summed E-state index contributed by atoms with van der Waals surface area (Å²) in [5.41, 5.74) is 0.563. The second-order valence-electron chi connectivity index (χ2n) is 4.55. The summed E-state index contributed by atoms with van der Waals surface area (Å²) in [4.78, 5) is 14.4. The highest BCUT2D eigenvalue weighted by Crippen LogP contribution is 2.35. The Morgan fingerprint density at radius 2 is 2.23 bits per heavy atom. The van der Waals surface area contributed by atoms with Crippen LogP contribution in [0, 0.1) is 0 Å². The fraction of sp³-hybridized carbons (Fsp3) is 0.0667. The number of benzene rings is 1. The maximum Gasteiger partial charge on any atom is 0.266 e. The number of nitrogens with zero attached hydrogens (tertiary/aromatic N) is 1. The maximum absolute atomic E-state index is 12.5. The Bertz CT molecular complexity index is 771. The molecule has 22 heavy (non-hydrogen) atoms. The van der Waals surface area contributed by atoms with Crippen LogP contribution in [-0.4, -0.2) is 20.2 Å². The van der Waals surface area contributed by atoms with Crippen LogP contribution in [0.25, 0.3) is 6.08 Å². The van der Waals surface area contributed by atoms with E-state index < -0.39 is 0 Å². The number of thiocarbonyl (C=S) groups is 1. The summed E-state index contributed by atoms with van der Waals surface area (Å²) in [6.07, 6.45) is 3.20. The number of halogens is 1. The van der Waals surface area contributed by atoms with E-state index in [1.165, 1.54) is 16.7 Å². The first-order valence-corrected chi connectivity index (χ1v) is 8.32. The third-order valence-electron chi connectivity index (χ3n) is 3.04. The smallest absolute Gasteiger partial charge is 0.266 e. The normalized spacial score (nSPS) is 16.8. The average Bonchev–Trinajstić information content (AvgIpc) is 3.08. The summed E-state index contributed by atoms with van der Waals surface area (Å²) in [7, 11) is 0. The minimum atomic E-state index is -0.189. The zero-order chi connectivity index (χ0) is 15.7. The van der Waals surface area contributed by atoms with Crippen molar-refractivity contribution in [3.63, 3.8) is 0 Å². The Hall–Kier alpha value is -1.57. The van der Waals surface area contributed by atoms with Crippen molar-refractivity contribution in [2.24, 2.45) is 0 Å². The van der Waals surface area contributed by atoms with Crippen molar-refractivity contribution < 1.29 is 14.3 Å². The van der Waals surface area contributed by atoms with Gasteiger partial charge >= 0.3 is 0 Å². The lowest BCUT2D eigenvalue weighted by molar-refractivity contribution is -0.122. The standard InChI is InChI=1S/C15H10BrNO3S2/c16-10-3-4-12(18)9(6-10)7-13-14(19)17(15(21)22-13)8-11-2-1-5-20-11/h1-7,18H,8H2/b13-7-. The van der Waals surface area contributed by atoms with Crippen molar-refractivity contribution in [1.82, 2.24) is 4.90 Å². The molecule has 0 spiro atoms. The summed E-state index contributed by atoms with van der Waals surface area (Å²) >= 11 is 9.81. The highest BCUT2D eigenvalue weighted by molar-refractivity contribution is 9.10. The monoisotopic (exact) mass is 395 g/mol. The molecule has 2 heterocycles. The number of phenolic OH excluding ortho intramolecular Hbond substituents is 1. The molecule has 1 aromatic heterocycles. The van der Waals surface area contributed by atoms with E-state index in [-0.39, 0.29) is 11.7 Å². The van der Waals surface area contributed by atoms with Gasteiger partial charge in [0.1, 0.15) is 15.8 Å². The van der Waals surface area contributed by atoms with Gasteiger partial charge in [0.2, 0.25) is 0 Å². The molecule has 1 amide bonds. The van der Waals surface area contributed by atoms with Gasteiger partial charge in [-0.1, -0.05) is 39.9 Å². The first-order chi connectivity index (χ1) is 10.5. The summed E-state index contributed by atoms with van der Waals surface area (Å²) in [6.45, 7) is 0.305. The number of thioether (sulfide) groups is 1. The van der Waals surface area contributed by atoms with Gasteiger partial charge in [-0.3, -0.25) is 9.69 Å². The van der Waals surface area contributed by atoms with Crippen LogP contribution < -0.4 is 0 Å². The van der Waals surface area contributed by atoms with Crippen molar-refractivity contribution in [1.29, 1.82) is 0 Å². The van der Waals surface area contributed by atoms with Crippen molar-refractivity contribution in [3.8, 4) is 5.75 Å². The van der Waals surface area contributed by atoms with Gasteiger partial charge in [-0.25, -0.2) is 0 Å². The van der Waals surface area contributed by atoms with E-state index in [1.807, 2.05) is 0 Å². The Kier molecular flexibility index (Phi) is 4.37. The molecule has 1 aliphatic rings. The molecule has 1 aromatic carbocycles. The molecule has 0 radical (unpaired) electrons. The summed E-state index contributed by atoms with van der Waals surface area (Å²) in [5.74, 6) is 0.591. The van der Waals surface area contributed by atoms with Crippen LogP contribution in [0.4, 0.5) is 0 Å². The number of phenols is 1. The molecule has 4 nitrogen and oxygen atoms in total. The number of hydrogen-bond acceptors (Lipinski definition) is 5. The molecule has 0 saturated carbocycles. The van der Waals surface area contributed by atoms with Crippen molar-refractivity contribution in [2.45, 2.75) is 6.54 Å².